The highest BCUT2D eigenvalue weighted by atomic mass is 16.5. The molecule has 1 heterocycles. The van der Waals surface area contributed by atoms with E-state index in [0.29, 0.717) is 28.1 Å². The molecule has 0 spiro atoms. The molecule has 1 aromatic heterocycles. The van der Waals surface area contributed by atoms with Crippen molar-refractivity contribution < 1.29 is 9.47 Å². The molecule has 0 aliphatic heterocycles. The fourth-order valence-electron chi connectivity index (χ4n) is 1.71. The van der Waals surface area contributed by atoms with E-state index in [1.165, 1.54) is 4.68 Å². The van der Waals surface area contributed by atoms with Crippen LogP contribution in [-0.4, -0.2) is 24.0 Å². The number of fused-ring (bicyclic) bond motifs is 1. The molecule has 0 atom stereocenters. The monoisotopic (exact) mass is 247 g/mol. The quantitative estimate of drug-likeness (QED) is 0.818. The lowest BCUT2D eigenvalue weighted by Gasteiger charge is -2.04. The first kappa shape index (κ1) is 13.8. The third-order valence-electron chi connectivity index (χ3n) is 2.46. The van der Waals surface area contributed by atoms with E-state index in [2.05, 4.69) is 11.2 Å². The average Bonchev–Trinajstić information content (AvgIpc) is 2.76. The predicted octanol–water partition coefficient (Wildman–Crippen LogP) is 2.49. The number of aromatic nitrogens is 2. The Morgan fingerprint density at radius 2 is 1.72 bits per heavy atom. The van der Waals surface area contributed by atoms with Crippen molar-refractivity contribution in [2.45, 2.75) is 13.8 Å². The summed E-state index contributed by atoms with van der Waals surface area (Å²) in [6.45, 7) is 4.00. The number of benzene rings is 1. The zero-order valence-electron chi connectivity index (χ0n) is 11.3. The first-order chi connectivity index (χ1) is 8.72. The standard InChI is InChI=1S/C11H11N3O2.C2H6/c1-14-7(6-12)10-8(15-2)4-5-9(16-3)11(10)13-14;1-2/h4-5H,1-3H3;1-2H3. The van der Waals surface area contributed by atoms with Gasteiger partial charge in [-0.1, -0.05) is 13.8 Å². The molecule has 96 valence electrons. The Bertz CT molecular complexity index is 582. The van der Waals surface area contributed by atoms with Crippen LogP contribution in [0.5, 0.6) is 11.5 Å². The highest BCUT2D eigenvalue weighted by Gasteiger charge is 2.16. The van der Waals surface area contributed by atoms with Crippen molar-refractivity contribution in [3.05, 3.63) is 17.8 Å². The second-order valence-corrected chi connectivity index (χ2v) is 3.28. The topological polar surface area (TPSA) is 60.1 Å². The van der Waals surface area contributed by atoms with Crippen molar-refractivity contribution in [2.24, 2.45) is 7.05 Å². The molecular formula is C13H17N3O2. The molecule has 0 aliphatic carbocycles. The highest BCUT2D eigenvalue weighted by molar-refractivity contribution is 5.94. The zero-order chi connectivity index (χ0) is 13.7. The van der Waals surface area contributed by atoms with E-state index in [0.717, 1.165) is 0 Å². The molecule has 0 N–H and O–H groups in total. The summed E-state index contributed by atoms with van der Waals surface area (Å²) in [7, 11) is 4.86. The minimum atomic E-state index is 0.464. The highest BCUT2D eigenvalue weighted by Crippen LogP contribution is 2.34. The Morgan fingerprint density at radius 1 is 1.17 bits per heavy atom. The summed E-state index contributed by atoms with van der Waals surface area (Å²) in [5, 5.41) is 14.0. The van der Waals surface area contributed by atoms with E-state index < -0.39 is 0 Å². The molecule has 2 rings (SSSR count). The van der Waals surface area contributed by atoms with Gasteiger partial charge in [0.25, 0.3) is 0 Å². The number of nitrogens with zero attached hydrogens (tertiary/aromatic N) is 3. The smallest absolute Gasteiger partial charge is 0.149 e. The van der Waals surface area contributed by atoms with Gasteiger partial charge in [0.05, 0.1) is 19.6 Å². The van der Waals surface area contributed by atoms with E-state index in [-0.39, 0.29) is 0 Å². The third kappa shape index (κ3) is 2.09. The van der Waals surface area contributed by atoms with E-state index in [9.17, 15) is 0 Å². The molecule has 18 heavy (non-hydrogen) atoms. The van der Waals surface area contributed by atoms with E-state index >= 15 is 0 Å². The van der Waals surface area contributed by atoms with E-state index in [4.69, 9.17) is 14.7 Å². The third-order valence-corrected chi connectivity index (χ3v) is 2.46. The van der Waals surface area contributed by atoms with Crippen LogP contribution >= 0.6 is 0 Å². The van der Waals surface area contributed by atoms with Crippen molar-refractivity contribution in [3.8, 4) is 17.6 Å². The van der Waals surface area contributed by atoms with Crippen molar-refractivity contribution in [1.82, 2.24) is 9.78 Å². The zero-order valence-corrected chi connectivity index (χ0v) is 11.3. The van der Waals surface area contributed by atoms with Gasteiger partial charge in [-0.2, -0.15) is 10.4 Å². The fourth-order valence-corrected chi connectivity index (χ4v) is 1.71. The van der Waals surface area contributed by atoms with Crippen molar-refractivity contribution in [3.63, 3.8) is 0 Å². The molecule has 0 radical (unpaired) electrons. The van der Waals surface area contributed by atoms with Crippen LogP contribution in [0.3, 0.4) is 0 Å². The molecular weight excluding hydrogens is 230 g/mol. The van der Waals surface area contributed by atoms with E-state index in [1.807, 2.05) is 13.8 Å². The van der Waals surface area contributed by atoms with Crippen molar-refractivity contribution in [1.29, 1.82) is 5.26 Å². The Hall–Kier alpha value is -2.22. The average molecular weight is 247 g/mol. The van der Waals surface area contributed by atoms with E-state index in [1.54, 1.807) is 33.4 Å². The van der Waals surface area contributed by atoms with Gasteiger partial charge in [0.15, 0.2) is 0 Å². The Balaban J connectivity index is 0.000000771. The second-order valence-electron chi connectivity index (χ2n) is 3.28. The van der Waals surface area contributed by atoms with Gasteiger partial charge in [0, 0.05) is 7.05 Å². The van der Waals surface area contributed by atoms with Crippen LogP contribution in [0.1, 0.15) is 19.5 Å². The molecule has 0 fully saturated rings. The number of hydrogen-bond acceptors (Lipinski definition) is 4. The van der Waals surface area contributed by atoms with Crippen LogP contribution in [0.25, 0.3) is 10.9 Å². The maximum absolute atomic E-state index is 9.08. The van der Waals surface area contributed by atoms with Gasteiger partial charge < -0.3 is 9.47 Å². The lowest BCUT2D eigenvalue weighted by Crippen LogP contribution is -1.93. The number of hydrogen-bond donors (Lipinski definition) is 0. The van der Waals surface area contributed by atoms with Gasteiger partial charge in [-0.15, -0.1) is 0 Å². The van der Waals surface area contributed by atoms with Gasteiger partial charge in [0.2, 0.25) is 0 Å². The molecule has 0 amide bonds. The van der Waals surface area contributed by atoms with Crippen LogP contribution in [0.4, 0.5) is 0 Å². The number of aryl methyl sites for hydroxylation is 1. The summed E-state index contributed by atoms with van der Waals surface area (Å²) in [6.07, 6.45) is 0. The molecule has 0 unspecified atom stereocenters. The summed E-state index contributed by atoms with van der Waals surface area (Å²) in [4.78, 5) is 0. The molecule has 5 heteroatoms. The summed E-state index contributed by atoms with van der Waals surface area (Å²) in [6, 6.07) is 5.65. The van der Waals surface area contributed by atoms with Gasteiger partial charge in [0.1, 0.15) is 28.8 Å². The minimum absolute atomic E-state index is 0.464. The summed E-state index contributed by atoms with van der Waals surface area (Å²) in [5.41, 5.74) is 1.10. The molecule has 2 aromatic rings. The minimum Gasteiger partial charge on any atom is -0.496 e. The molecule has 1 aromatic carbocycles. The van der Waals surface area contributed by atoms with Crippen LogP contribution in [0.2, 0.25) is 0 Å². The molecule has 0 saturated heterocycles. The van der Waals surface area contributed by atoms with Crippen LogP contribution in [-0.2, 0) is 7.05 Å². The summed E-state index contributed by atoms with van der Waals surface area (Å²) in [5.74, 6) is 1.26. The van der Waals surface area contributed by atoms with Gasteiger partial charge in [-0.25, -0.2) is 0 Å². The fraction of sp³-hybridized carbons (Fsp3) is 0.385. The number of rotatable bonds is 2. The van der Waals surface area contributed by atoms with Crippen LogP contribution in [0, 0.1) is 11.3 Å². The van der Waals surface area contributed by atoms with Crippen molar-refractivity contribution in [2.75, 3.05) is 14.2 Å². The molecule has 0 bridgehead atoms. The SMILES string of the molecule is CC.COc1ccc(OC)c2c(C#N)n(C)nc12. The van der Waals surface area contributed by atoms with Crippen LogP contribution in [0.15, 0.2) is 12.1 Å². The number of nitriles is 1. The molecule has 0 saturated carbocycles. The Morgan fingerprint density at radius 3 is 2.22 bits per heavy atom. The van der Waals surface area contributed by atoms with Gasteiger partial charge in [-0.05, 0) is 12.1 Å². The second kappa shape index (κ2) is 5.92. The van der Waals surface area contributed by atoms with Gasteiger partial charge in [-0.3, -0.25) is 4.68 Å². The lowest BCUT2D eigenvalue weighted by atomic mass is 10.2. The van der Waals surface area contributed by atoms with Gasteiger partial charge >= 0.3 is 0 Å². The summed E-state index contributed by atoms with van der Waals surface area (Å²) >= 11 is 0. The molecule has 0 aliphatic rings. The number of ether oxygens (including phenoxy) is 2. The lowest BCUT2D eigenvalue weighted by molar-refractivity contribution is 0.410. The first-order valence-electron chi connectivity index (χ1n) is 5.70. The first-order valence-corrected chi connectivity index (χ1v) is 5.70. The van der Waals surface area contributed by atoms with Crippen LogP contribution < -0.4 is 9.47 Å². The Kier molecular flexibility index (Phi) is 4.55. The maximum atomic E-state index is 9.08. The predicted molar refractivity (Wildman–Crippen MR) is 69.9 cm³/mol. The largest absolute Gasteiger partial charge is 0.496 e. The molecule has 5 nitrogen and oxygen atoms in total. The van der Waals surface area contributed by atoms with Crippen molar-refractivity contribution >= 4 is 10.9 Å². The normalized spacial score (nSPS) is 9.33. The summed E-state index contributed by atoms with van der Waals surface area (Å²) < 4.78 is 11.9. The number of methoxy groups -OCH3 is 2. The maximum Gasteiger partial charge on any atom is 0.149 e. The Labute approximate surface area is 107 Å².